The van der Waals surface area contributed by atoms with Gasteiger partial charge in [0.15, 0.2) is 0 Å². The lowest BCUT2D eigenvalue weighted by Crippen LogP contribution is -2.21. The van der Waals surface area contributed by atoms with E-state index in [-0.39, 0.29) is 0 Å². The van der Waals surface area contributed by atoms with Crippen molar-refractivity contribution in [2.45, 2.75) is 26.7 Å². The highest BCUT2D eigenvalue weighted by molar-refractivity contribution is 5.71. The lowest BCUT2D eigenvalue weighted by atomic mass is 10.3. The summed E-state index contributed by atoms with van der Waals surface area (Å²) in [5.74, 6) is 1.47. The van der Waals surface area contributed by atoms with Crippen molar-refractivity contribution in [3.63, 3.8) is 0 Å². The van der Waals surface area contributed by atoms with Crippen LogP contribution in [0.2, 0.25) is 0 Å². The van der Waals surface area contributed by atoms with Crippen LogP contribution in [0.4, 0.5) is 5.88 Å². The Morgan fingerprint density at radius 1 is 1.54 bits per heavy atom. The second kappa shape index (κ2) is 4.70. The minimum absolute atomic E-state index is 0.640. The van der Waals surface area contributed by atoms with Crippen LogP contribution in [0.3, 0.4) is 0 Å². The second-order valence-electron chi connectivity index (χ2n) is 3.04. The van der Waals surface area contributed by atoms with E-state index in [4.69, 9.17) is 4.42 Å². The molecule has 0 aliphatic carbocycles. The molecule has 0 N–H and O–H groups in total. The number of furan rings is 1. The molecule has 0 unspecified atom stereocenters. The third-order valence-corrected chi connectivity index (χ3v) is 1.89. The summed E-state index contributed by atoms with van der Waals surface area (Å²) in [5, 5.41) is 0. The van der Waals surface area contributed by atoms with Crippen molar-refractivity contribution < 1.29 is 9.21 Å². The van der Waals surface area contributed by atoms with Gasteiger partial charge in [0.25, 0.3) is 0 Å². The van der Waals surface area contributed by atoms with Gasteiger partial charge >= 0.3 is 0 Å². The van der Waals surface area contributed by atoms with Crippen molar-refractivity contribution in [1.29, 1.82) is 0 Å². The molecule has 0 aliphatic heterocycles. The first kappa shape index (κ1) is 9.84. The molecule has 1 heterocycles. The van der Waals surface area contributed by atoms with E-state index in [2.05, 4.69) is 6.92 Å². The molecule has 0 atom stereocenters. The molecule has 1 amide bonds. The molecule has 1 aromatic heterocycles. The van der Waals surface area contributed by atoms with Gasteiger partial charge in [-0.2, -0.15) is 0 Å². The standard InChI is InChI=1S/C10H15NO2/c1-3-4-7-11(8-12)10-6-5-9(2)13-10/h5-6,8H,3-4,7H2,1-2H3. The number of rotatable bonds is 5. The predicted molar refractivity (Wildman–Crippen MR) is 51.8 cm³/mol. The number of aryl methyl sites for hydroxylation is 1. The monoisotopic (exact) mass is 181 g/mol. The van der Waals surface area contributed by atoms with Gasteiger partial charge in [0.1, 0.15) is 5.76 Å². The van der Waals surface area contributed by atoms with Crippen molar-refractivity contribution in [3.05, 3.63) is 17.9 Å². The van der Waals surface area contributed by atoms with Crippen LogP contribution in [0, 0.1) is 6.92 Å². The van der Waals surface area contributed by atoms with Crippen LogP contribution in [0.5, 0.6) is 0 Å². The average Bonchev–Trinajstić information content (AvgIpc) is 2.54. The molecule has 0 aromatic carbocycles. The normalized spacial score (nSPS) is 10.0. The van der Waals surface area contributed by atoms with Gasteiger partial charge in [-0.05, 0) is 19.4 Å². The Bertz CT molecular complexity index is 268. The van der Waals surface area contributed by atoms with E-state index in [9.17, 15) is 4.79 Å². The van der Waals surface area contributed by atoms with E-state index in [0.717, 1.165) is 31.6 Å². The highest BCUT2D eigenvalue weighted by atomic mass is 16.4. The summed E-state index contributed by atoms with van der Waals surface area (Å²) in [6, 6.07) is 3.68. The molecule has 0 saturated carbocycles. The summed E-state index contributed by atoms with van der Waals surface area (Å²) in [7, 11) is 0. The highest BCUT2D eigenvalue weighted by Crippen LogP contribution is 2.16. The Morgan fingerprint density at radius 2 is 2.31 bits per heavy atom. The van der Waals surface area contributed by atoms with Gasteiger partial charge in [-0.15, -0.1) is 0 Å². The molecule has 1 rings (SSSR count). The number of hydrogen-bond acceptors (Lipinski definition) is 2. The van der Waals surface area contributed by atoms with Gasteiger partial charge in [0.2, 0.25) is 12.3 Å². The lowest BCUT2D eigenvalue weighted by Gasteiger charge is -2.12. The van der Waals surface area contributed by atoms with Crippen molar-refractivity contribution in [2.75, 3.05) is 11.4 Å². The minimum atomic E-state index is 0.640. The number of hydrogen-bond donors (Lipinski definition) is 0. The minimum Gasteiger partial charge on any atom is -0.445 e. The quantitative estimate of drug-likeness (QED) is 0.653. The summed E-state index contributed by atoms with van der Waals surface area (Å²) < 4.78 is 5.33. The van der Waals surface area contributed by atoms with E-state index in [0.29, 0.717) is 5.88 Å². The maximum atomic E-state index is 10.7. The number of unbranched alkanes of at least 4 members (excludes halogenated alkanes) is 1. The molecule has 0 spiro atoms. The van der Waals surface area contributed by atoms with Gasteiger partial charge < -0.3 is 4.42 Å². The van der Waals surface area contributed by atoms with Crippen molar-refractivity contribution in [2.24, 2.45) is 0 Å². The highest BCUT2D eigenvalue weighted by Gasteiger charge is 2.07. The zero-order valence-corrected chi connectivity index (χ0v) is 8.12. The molecule has 1 aromatic rings. The molecule has 0 radical (unpaired) electrons. The molecular weight excluding hydrogens is 166 g/mol. The second-order valence-corrected chi connectivity index (χ2v) is 3.04. The summed E-state index contributed by atoms with van der Waals surface area (Å²) in [4.78, 5) is 12.3. The van der Waals surface area contributed by atoms with Crippen LogP contribution >= 0.6 is 0 Å². The molecule has 0 saturated heterocycles. The van der Waals surface area contributed by atoms with Gasteiger partial charge in [0, 0.05) is 12.6 Å². The topological polar surface area (TPSA) is 33.5 Å². The summed E-state index contributed by atoms with van der Waals surface area (Å²) in [6.45, 7) is 4.69. The molecule has 72 valence electrons. The summed E-state index contributed by atoms with van der Waals surface area (Å²) >= 11 is 0. The lowest BCUT2D eigenvalue weighted by molar-refractivity contribution is -0.107. The van der Waals surface area contributed by atoms with Crippen molar-refractivity contribution in [1.82, 2.24) is 0 Å². The third-order valence-electron chi connectivity index (χ3n) is 1.89. The molecule has 3 heteroatoms. The predicted octanol–water partition coefficient (Wildman–Crippen LogP) is 2.35. The van der Waals surface area contributed by atoms with Crippen LogP contribution in [0.15, 0.2) is 16.5 Å². The number of carbonyl (C=O) groups excluding carboxylic acids is 1. The number of nitrogens with zero attached hydrogens (tertiary/aromatic N) is 1. The molecule has 3 nitrogen and oxygen atoms in total. The van der Waals surface area contributed by atoms with Gasteiger partial charge in [-0.1, -0.05) is 13.3 Å². The Labute approximate surface area is 78.3 Å². The van der Waals surface area contributed by atoms with Crippen LogP contribution in [-0.2, 0) is 4.79 Å². The summed E-state index contributed by atoms with van der Waals surface area (Å²) in [5.41, 5.74) is 0. The van der Waals surface area contributed by atoms with E-state index in [1.54, 1.807) is 4.90 Å². The maximum Gasteiger partial charge on any atom is 0.216 e. The van der Waals surface area contributed by atoms with Gasteiger partial charge in [0.05, 0.1) is 0 Å². The number of carbonyl (C=O) groups is 1. The zero-order valence-electron chi connectivity index (χ0n) is 8.12. The first-order chi connectivity index (χ1) is 6.27. The van der Waals surface area contributed by atoms with Crippen molar-refractivity contribution in [3.8, 4) is 0 Å². The molecule has 0 bridgehead atoms. The van der Waals surface area contributed by atoms with E-state index < -0.39 is 0 Å². The van der Waals surface area contributed by atoms with Crippen LogP contribution in [0.1, 0.15) is 25.5 Å². The first-order valence-electron chi connectivity index (χ1n) is 4.56. The average molecular weight is 181 g/mol. The fraction of sp³-hybridized carbons (Fsp3) is 0.500. The van der Waals surface area contributed by atoms with E-state index >= 15 is 0 Å². The Morgan fingerprint density at radius 3 is 2.77 bits per heavy atom. The Kier molecular flexibility index (Phi) is 3.55. The Hall–Kier alpha value is -1.25. The maximum absolute atomic E-state index is 10.7. The zero-order chi connectivity index (χ0) is 9.68. The van der Waals surface area contributed by atoms with E-state index in [1.807, 2.05) is 19.1 Å². The largest absolute Gasteiger partial charge is 0.445 e. The van der Waals surface area contributed by atoms with Gasteiger partial charge in [-0.25, -0.2) is 0 Å². The number of anilines is 1. The summed E-state index contributed by atoms with van der Waals surface area (Å²) in [6.07, 6.45) is 2.89. The molecular formula is C10H15NO2. The van der Waals surface area contributed by atoms with Gasteiger partial charge in [-0.3, -0.25) is 9.69 Å². The molecule has 0 aliphatic rings. The van der Waals surface area contributed by atoms with E-state index in [1.165, 1.54) is 0 Å². The third kappa shape index (κ3) is 2.61. The van der Waals surface area contributed by atoms with Crippen LogP contribution in [-0.4, -0.2) is 13.0 Å². The number of amides is 1. The van der Waals surface area contributed by atoms with Crippen LogP contribution in [0.25, 0.3) is 0 Å². The van der Waals surface area contributed by atoms with Crippen LogP contribution < -0.4 is 4.90 Å². The Balaban J connectivity index is 2.61. The molecule has 0 fully saturated rings. The fourth-order valence-electron chi connectivity index (χ4n) is 1.12. The smallest absolute Gasteiger partial charge is 0.216 e. The SMILES string of the molecule is CCCCN(C=O)c1ccc(C)o1. The molecule has 13 heavy (non-hydrogen) atoms. The fourth-order valence-corrected chi connectivity index (χ4v) is 1.12. The first-order valence-corrected chi connectivity index (χ1v) is 4.56. The van der Waals surface area contributed by atoms with Crippen molar-refractivity contribution >= 4 is 12.3 Å².